The second-order valence-corrected chi connectivity index (χ2v) is 3.89. The van der Waals surface area contributed by atoms with Gasteiger partial charge in [0.15, 0.2) is 0 Å². The first-order valence-electron chi connectivity index (χ1n) is 5.08. The number of benzene rings is 1. The van der Waals surface area contributed by atoms with Crippen molar-refractivity contribution in [3.63, 3.8) is 0 Å². The van der Waals surface area contributed by atoms with Crippen molar-refractivity contribution in [1.29, 1.82) is 0 Å². The smallest absolute Gasteiger partial charge is 0.240 e. The number of carbonyl (C=O) groups excluding carboxylic acids is 3. The topological polar surface area (TPSA) is 80.7 Å². The van der Waals surface area contributed by atoms with E-state index in [4.69, 9.17) is 0 Å². The Morgan fingerprint density at radius 3 is 2.06 bits per heavy atom. The van der Waals surface area contributed by atoms with Gasteiger partial charge in [-0.1, -0.05) is 18.7 Å². The van der Waals surface area contributed by atoms with E-state index in [1.165, 1.54) is 19.1 Å². The molecule has 0 unspecified atom stereocenters. The summed E-state index contributed by atoms with van der Waals surface area (Å²) in [5.74, 6) is -3.01. The number of nitrogens with zero attached hydrogens (tertiary/aromatic N) is 1. The van der Waals surface area contributed by atoms with Crippen molar-refractivity contribution < 1.29 is 29.2 Å². The van der Waals surface area contributed by atoms with Crippen LogP contribution in [0.2, 0.25) is 0 Å². The molecule has 2 amide bonds. The van der Waals surface area contributed by atoms with E-state index in [2.05, 4.69) is 11.4 Å². The predicted molar refractivity (Wildman–Crippen MR) is 58.1 cm³/mol. The number of hydrogen-bond donors (Lipinski definition) is 1. The molecule has 1 aliphatic heterocycles. The summed E-state index contributed by atoms with van der Waals surface area (Å²) >= 11 is 0. The van der Waals surface area contributed by atoms with Gasteiger partial charge >= 0.3 is 17.8 Å². The van der Waals surface area contributed by atoms with E-state index in [0.717, 1.165) is 0 Å². The van der Waals surface area contributed by atoms with Crippen LogP contribution in [0.1, 0.15) is 27.6 Å². The molecule has 6 heteroatoms. The first-order valence-corrected chi connectivity index (χ1v) is 5.08. The highest BCUT2D eigenvalue weighted by Gasteiger charge is 2.59. The monoisotopic (exact) mass is 248 g/mol. The molecule has 6 nitrogen and oxygen atoms in total. The molecule has 2 rings (SSSR count). The minimum atomic E-state index is -2.02. The van der Waals surface area contributed by atoms with Crippen LogP contribution in [0.15, 0.2) is 36.4 Å². The Labute approximate surface area is 102 Å². The fourth-order valence-electron chi connectivity index (χ4n) is 1.56. The zero-order chi connectivity index (χ0) is 13.5. The van der Waals surface area contributed by atoms with Crippen molar-refractivity contribution in [1.82, 2.24) is 0 Å². The Hall–Kier alpha value is -2.31. The molecule has 1 N–H and O–H groups in total. The largest absolute Gasteiger partial charge is 0.430 e. The van der Waals surface area contributed by atoms with Crippen LogP contribution in [0.3, 0.4) is 0 Å². The number of amides is 2. The lowest BCUT2D eigenvalue weighted by Crippen LogP contribution is -2.51. The Kier molecular flexibility index (Phi) is 2.61. The third-order valence-corrected chi connectivity index (χ3v) is 2.50. The molecule has 0 aromatic heterocycles. The van der Waals surface area contributed by atoms with E-state index in [1.54, 1.807) is 12.1 Å². The summed E-state index contributed by atoms with van der Waals surface area (Å²) in [6.45, 7) is 4.65. The van der Waals surface area contributed by atoms with Crippen molar-refractivity contribution in [2.45, 2.75) is 6.92 Å². The lowest BCUT2D eigenvalue weighted by Gasteiger charge is -2.15. The zero-order valence-electron chi connectivity index (χ0n) is 9.54. The summed E-state index contributed by atoms with van der Waals surface area (Å²) in [5.41, 5.74) is -0.00265. The van der Waals surface area contributed by atoms with E-state index < -0.39 is 22.6 Å². The van der Waals surface area contributed by atoms with Gasteiger partial charge < -0.3 is 0 Å². The van der Waals surface area contributed by atoms with E-state index >= 15 is 0 Å². The van der Waals surface area contributed by atoms with Crippen molar-refractivity contribution in [2.24, 2.45) is 0 Å². The molecule has 0 saturated heterocycles. The molecule has 0 radical (unpaired) electrons. The van der Waals surface area contributed by atoms with Crippen LogP contribution in [0, 0.1) is 0 Å². The molecule has 1 aliphatic rings. The van der Waals surface area contributed by atoms with Crippen LogP contribution in [0.4, 0.5) is 0 Å². The first kappa shape index (κ1) is 12.2. The minimum absolute atomic E-state index is 0.0134. The van der Waals surface area contributed by atoms with Crippen LogP contribution >= 0.6 is 0 Å². The molecule has 1 heterocycles. The molecule has 0 atom stereocenters. The van der Waals surface area contributed by atoms with Crippen LogP contribution in [0.25, 0.3) is 0 Å². The van der Waals surface area contributed by atoms with Crippen molar-refractivity contribution in [3.8, 4) is 0 Å². The van der Waals surface area contributed by atoms with E-state index in [0.29, 0.717) is 0 Å². The SMILES string of the molecule is C=C(C)C(=O)O[N+]1(O)C(=O)c2ccccc2C1=O. The quantitative estimate of drug-likeness (QED) is 0.368. The van der Waals surface area contributed by atoms with Gasteiger partial charge in [0, 0.05) is 5.57 Å². The van der Waals surface area contributed by atoms with Crippen LogP contribution < -0.4 is 0 Å². The maximum Gasteiger partial charge on any atom is 0.430 e. The summed E-state index contributed by atoms with van der Waals surface area (Å²) in [6.07, 6.45) is 0. The number of fused-ring (bicyclic) bond motifs is 1. The average molecular weight is 248 g/mol. The fourth-order valence-corrected chi connectivity index (χ4v) is 1.56. The number of quaternary nitrogens is 1. The van der Waals surface area contributed by atoms with Crippen molar-refractivity contribution >= 4 is 17.8 Å². The lowest BCUT2D eigenvalue weighted by molar-refractivity contribution is -1.11. The number of hydroxylamine groups is 4. The number of carbonyl (C=O) groups is 3. The van der Waals surface area contributed by atoms with E-state index in [9.17, 15) is 19.6 Å². The van der Waals surface area contributed by atoms with E-state index in [1.807, 2.05) is 0 Å². The van der Waals surface area contributed by atoms with Gasteiger partial charge in [0.05, 0.1) is 0 Å². The average Bonchev–Trinajstić information content (AvgIpc) is 2.53. The Balaban J connectivity index is 2.44. The van der Waals surface area contributed by atoms with Gasteiger partial charge in [-0.25, -0.2) is 19.2 Å². The molecular weight excluding hydrogens is 238 g/mol. The molecule has 1 aromatic carbocycles. The molecule has 92 valence electrons. The second-order valence-electron chi connectivity index (χ2n) is 3.89. The Morgan fingerprint density at radius 2 is 1.67 bits per heavy atom. The third-order valence-electron chi connectivity index (χ3n) is 2.50. The number of rotatable bonds is 2. The summed E-state index contributed by atoms with van der Waals surface area (Å²) in [6, 6.07) is 5.83. The molecule has 0 bridgehead atoms. The van der Waals surface area contributed by atoms with Crippen LogP contribution in [-0.4, -0.2) is 27.8 Å². The molecule has 0 spiro atoms. The van der Waals surface area contributed by atoms with Crippen molar-refractivity contribution in [3.05, 3.63) is 47.5 Å². The molecular formula is C12H10NO5+. The fraction of sp³-hybridized carbons (Fsp3) is 0.0833. The molecule has 1 aromatic rings. The standard InChI is InChI=1S/C12H10NO5/c1-7(2)12(16)18-13(17)10(14)8-5-3-4-6-9(8)11(13)15/h3-6,17H,1H2,2H3/q+1. The predicted octanol–water partition coefficient (Wildman–Crippen LogP) is 1.22. The number of imide groups is 1. The van der Waals surface area contributed by atoms with E-state index in [-0.39, 0.29) is 16.7 Å². The third kappa shape index (κ3) is 1.55. The van der Waals surface area contributed by atoms with Crippen LogP contribution in [0.5, 0.6) is 0 Å². The maximum absolute atomic E-state index is 11.9. The Bertz CT molecular complexity index is 555. The minimum Gasteiger partial charge on any atom is -0.240 e. The second kappa shape index (κ2) is 3.86. The highest BCUT2D eigenvalue weighted by atomic mass is 17.0. The normalized spacial score (nSPS) is 16.3. The molecule has 0 fully saturated rings. The zero-order valence-corrected chi connectivity index (χ0v) is 9.54. The van der Waals surface area contributed by atoms with Gasteiger partial charge in [0.1, 0.15) is 15.9 Å². The van der Waals surface area contributed by atoms with Gasteiger partial charge in [-0.3, -0.25) is 0 Å². The Morgan fingerprint density at radius 1 is 1.22 bits per heavy atom. The van der Waals surface area contributed by atoms with Crippen LogP contribution in [-0.2, 0) is 9.63 Å². The lowest BCUT2D eigenvalue weighted by atomic mass is 10.1. The van der Waals surface area contributed by atoms with Gasteiger partial charge in [-0.05, 0) is 19.1 Å². The molecule has 0 saturated carbocycles. The highest BCUT2D eigenvalue weighted by Crippen LogP contribution is 2.28. The summed E-state index contributed by atoms with van der Waals surface area (Å²) in [7, 11) is 0. The maximum atomic E-state index is 11.9. The summed E-state index contributed by atoms with van der Waals surface area (Å²) < 4.78 is 0. The first-order chi connectivity index (χ1) is 8.38. The summed E-state index contributed by atoms with van der Waals surface area (Å²) in [5, 5.41) is 9.92. The number of hydrogen-bond acceptors (Lipinski definition) is 5. The summed E-state index contributed by atoms with van der Waals surface area (Å²) in [4.78, 5) is 37.6. The van der Waals surface area contributed by atoms with Gasteiger partial charge in [0.25, 0.3) is 0 Å². The highest BCUT2D eigenvalue weighted by molar-refractivity contribution is 6.13. The van der Waals surface area contributed by atoms with Gasteiger partial charge in [-0.2, -0.15) is 5.21 Å². The van der Waals surface area contributed by atoms with Crippen molar-refractivity contribution in [2.75, 3.05) is 0 Å². The molecule has 18 heavy (non-hydrogen) atoms. The molecule has 0 aliphatic carbocycles. The van der Waals surface area contributed by atoms with Gasteiger partial charge in [-0.15, -0.1) is 0 Å². The van der Waals surface area contributed by atoms with Gasteiger partial charge in [0.2, 0.25) is 0 Å².